The van der Waals surface area contributed by atoms with Crippen molar-refractivity contribution in [3.63, 3.8) is 0 Å². The normalized spacial score (nSPS) is 10.5. The molecule has 5 heteroatoms. The molecule has 0 radical (unpaired) electrons. The second kappa shape index (κ2) is 6.22. The van der Waals surface area contributed by atoms with Gasteiger partial charge in [0.15, 0.2) is 0 Å². The molecular weight excluding hydrogens is 240 g/mol. The Morgan fingerprint density at radius 1 is 1.32 bits per heavy atom. The summed E-state index contributed by atoms with van der Waals surface area (Å²) >= 11 is 0. The summed E-state index contributed by atoms with van der Waals surface area (Å²) in [6, 6.07) is 3.86. The van der Waals surface area contributed by atoms with Gasteiger partial charge in [-0.3, -0.25) is 0 Å². The zero-order valence-corrected chi connectivity index (χ0v) is 11.7. The topological polar surface area (TPSA) is 54.2 Å². The molecule has 5 nitrogen and oxygen atoms in total. The molecule has 0 spiro atoms. The summed E-state index contributed by atoms with van der Waals surface area (Å²) in [5, 5.41) is 3.28. The van der Waals surface area contributed by atoms with Gasteiger partial charge in [0.05, 0.1) is 12.8 Å². The highest BCUT2D eigenvalue weighted by Gasteiger charge is 2.14. The number of aromatic nitrogens is 2. The van der Waals surface area contributed by atoms with Gasteiger partial charge in [0, 0.05) is 19.2 Å². The third kappa shape index (κ3) is 3.05. The lowest BCUT2D eigenvalue weighted by atomic mass is 10.2. The van der Waals surface area contributed by atoms with Crippen LogP contribution in [0.25, 0.3) is 0 Å². The molecule has 2 rings (SSSR count). The van der Waals surface area contributed by atoms with Crippen LogP contribution in [0.2, 0.25) is 0 Å². The molecule has 0 aliphatic carbocycles. The summed E-state index contributed by atoms with van der Waals surface area (Å²) in [6.45, 7) is 5.73. The maximum Gasteiger partial charge on any atom is 0.137 e. The fourth-order valence-corrected chi connectivity index (χ4v) is 2.09. The Bertz CT molecular complexity index is 510. The van der Waals surface area contributed by atoms with Crippen molar-refractivity contribution in [2.45, 2.75) is 26.8 Å². The third-order valence-corrected chi connectivity index (χ3v) is 2.96. The van der Waals surface area contributed by atoms with Crippen LogP contribution in [-0.2, 0) is 13.0 Å². The summed E-state index contributed by atoms with van der Waals surface area (Å²) < 4.78 is 5.38. The highest BCUT2D eigenvalue weighted by Crippen LogP contribution is 2.24. The molecule has 0 aliphatic heterocycles. The van der Waals surface area contributed by atoms with Gasteiger partial charge in [-0.25, -0.2) is 9.97 Å². The summed E-state index contributed by atoms with van der Waals surface area (Å²) in [7, 11) is 2.01. The van der Waals surface area contributed by atoms with E-state index in [0.717, 1.165) is 35.9 Å². The van der Waals surface area contributed by atoms with E-state index in [-0.39, 0.29) is 0 Å². The molecule has 0 fully saturated rings. The quantitative estimate of drug-likeness (QED) is 0.865. The highest BCUT2D eigenvalue weighted by molar-refractivity contribution is 5.58. The fourth-order valence-electron chi connectivity index (χ4n) is 2.09. The molecule has 0 saturated heterocycles. The molecule has 2 aromatic heterocycles. The lowest BCUT2D eigenvalue weighted by Crippen LogP contribution is -2.20. The molecule has 0 amide bonds. The molecule has 102 valence electrons. The van der Waals surface area contributed by atoms with Crippen LogP contribution >= 0.6 is 0 Å². The number of anilines is 2. The summed E-state index contributed by atoms with van der Waals surface area (Å²) in [6.07, 6.45) is 4.18. The summed E-state index contributed by atoms with van der Waals surface area (Å²) in [5.41, 5.74) is 1.14. The van der Waals surface area contributed by atoms with E-state index in [2.05, 4.69) is 34.0 Å². The molecule has 0 aliphatic rings. The number of hydrogen-bond acceptors (Lipinski definition) is 5. The Labute approximate surface area is 113 Å². The van der Waals surface area contributed by atoms with E-state index in [9.17, 15) is 0 Å². The smallest absolute Gasteiger partial charge is 0.137 e. The summed E-state index contributed by atoms with van der Waals surface area (Å²) in [5.74, 6) is 2.79. The van der Waals surface area contributed by atoms with Crippen molar-refractivity contribution >= 4 is 11.6 Å². The van der Waals surface area contributed by atoms with Gasteiger partial charge in [0.1, 0.15) is 23.7 Å². The van der Waals surface area contributed by atoms with Crippen molar-refractivity contribution in [2.75, 3.05) is 23.8 Å². The number of rotatable bonds is 6. The molecule has 0 bridgehead atoms. The molecule has 2 heterocycles. The molecular formula is C14H20N4O. The Balaban J connectivity index is 2.25. The van der Waals surface area contributed by atoms with Crippen molar-refractivity contribution in [3.8, 4) is 0 Å². The predicted octanol–water partition coefficient (Wildman–Crippen LogP) is 2.70. The van der Waals surface area contributed by atoms with E-state index < -0.39 is 0 Å². The van der Waals surface area contributed by atoms with Crippen molar-refractivity contribution in [1.29, 1.82) is 0 Å². The lowest BCUT2D eigenvalue weighted by Gasteiger charge is -2.21. The van der Waals surface area contributed by atoms with Gasteiger partial charge in [-0.05, 0) is 25.5 Å². The molecule has 0 aromatic carbocycles. The minimum absolute atomic E-state index is 0.697. The lowest BCUT2D eigenvalue weighted by molar-refractivity contribution is 0.506. The minimum atomic E-state index is 0.697. The van der Waals surface area contributed by atoms with E-state index in [1.807, 2.05) is 19.2 Å². The first-order chi connectivity index (χ1) is 9.26. The number of furan rings is 1. The zero-order valence-electron chi connectivity index (χ0n) is 11.7. The number of hydrogen-bond donors (Lipinski definition) is 1. The Morgan fingerprint density at radius 3 is 2.79 bits per heavy atom. The molecule has 1 N–H and O–H groups in total. The van der Waals surface area contributed by atoms with Gasteiger partial charge >= 0.3 is 0 Å². The van der Waals surface area contributed by atoms with Crippen LogP contribution in [0.4, 0.5) is 11.6 Å². The van der Waals surface area contributed by atoms with E-state index in [0.29, 0.717) is 6.54 Å². The van der Waals surface area contributed by atoms with Crippen LogP contribution in [0, 0.1) is 0 Å². The third-order valence-electron chi connectivity index (χ3n) is 2.96. The largest absolute Gasteiger partial charge is 0.467 e. The second-order valence-electron chi connectivity index (χ2n) is 4.34. The maximum atomic E-state index is 5.38. The van der Waals surface area contributed by atoms with Crippen LogP contribution in [0.15, 0.2) is 29.1 Å². The standard InChI is InChI=1S/C14H20N4O/c1-4-12-13(15-5-2)16-10-17-14(12)18(3)9-11-7-6-8-19-11/h6-8,10H,4-5,9H2,1-3H3,(H,15,16,17). The first-order valence-electron chi connectivity index (χ1n) is 6.57. The van der Waals surface area contributed by atoms with Gasteiger partial charge in [0.2, 0.25) is 0 Å². The van der Waals surface area contributed by atoms with Crippen molar-refractivity contribution in [3.05, 3.63) is 36.0 Å². The van der Waals surface area contributed by atoms with Gasteiger partial charge in [-0.1, -0.05) is 6.92 Å². The molecule has 0 saturated carbocycles. The maximum absolute atomic E-state index is 5.38. The van der Waals surface area contributed by atoms with Crippen LogP contribution in [0.1, 0.15) is 25.2 Å². The van der Waals surface area contributed by atoms with Crippen LogP contribution < -0.4 is 10.2 Å². The van der Waals surface area contributed by atoms with Crippen molar-refractivity contribution in [1.82, 2.24) is 9.97 Å². The Morgan fingerprint density at radius 2 is 2.16 bits per heavy atom. The SMILES string of the molecule is CCNc1ncnc(N(C)Cc2ccco2)c1CC. The molecule has 0 atom stereocenters. The Hall–Kier alpha value is -2.04. The van der Waals surface area contributed by atoms with E-state index in [1.165, 1.54) is 0 Å². The van der Waals surface area contributed by atoms with Crippen molar-refractivity contribution in [2.24, 2.45) is 0 Å². The van der Waals surface area contributed by atoms with Gasteiger partial charge in [-0.2, -0.15) is 0 Å². The van der Waals surface area contributed by atoms with E-state index >= 15 is 0 Å². The van der Waals surface area contributed by atoms with Crippen LogP contribution in [-0.4, -0.2) is 23.6 Å². The second-order valence-corrected chi connectivity index (χ2v) is 4.34. The van der Waals surface area contributed by atoms with E-state index in [1.54, 1.807) is 12.6 Å². The highest BCUT2D eigenvalue weighted by atomic mass is 16.3. The van der Waals surface area contributed by atoms with Gasteiger partial charge in [0.25, 0.3) is 0 Å². The number of nitrogens with one attached hydrogen (secondary N) is 1. The monoisotopic (exact) mass is 260 g/mol. The van der Waals surface area contributed by atoms with Crippen molar-refractivity contribution < 1.29 is 4.42 Å². The molecule has 19 heavy (non-hydrogen) atoms. The Kier molecular flexibility index (Phi) is 4.39. The average molecular weight is 260 g/mol. The first-order valence-corrected chi connectivity index (χ1v) is 6.57. The van der Waals surface area contributed by atoms with Gasteiger partial charge in [-0.15, -0.1) is 0 Å². The zero-order chi connectivity index (χ0) is 13.7. The van der Waals surface area contributed by atoms with Crippen LogP contribution in [0.3, 0.4) is 0 Å². The fraction of sp³-hybridized carbons (Fsp3) is 0.429. The first kappa shape index (κ1) is 13.4. The summed E-state index contributed by atoms with van der Waals surface area (Å²) in [4.78, 5) is 10.8. The molecule has 2 aromatic rings. The molecule has 0 unspecified atom stereocenters. The van der Waals surface area contributed by atoms with E-state index in [4.69, 9.17) is 4.42 Å². The predicted molar refractivity (Wildman–Crippen MR) is 76.4 cm³/mol. The average Bonchev–Trinajstić information content (AvgIpc) is 2.91. The van der Waals surface area contributed by atoms with Crippen LogP contribution in [0.5, 0.6) is 0 Å². The number of nitrogens with zero attached hydrogens (tertiary/aromatic N) is 3. The minimum Gasteiger partial charge on any atom is -0.467 e. The van der Waals surface area contributed by atoms with Gasteiger partial charge < -0.3 is 14.6 Å².